The number of rotatable bonds is 0. The van der Waals surface area contributed by atoms with E-state index in [1.54, 1.807) is 0 Å². The fourth-order valence-corrected chi connectivity index (χ4v) is 3.51. The SMILES string of the molecule is CC(C)(C)C1CC2OC(=O)OC2C1C(C)(C)C. The van der Waals surface area contributed by atoms with Crippen LogP contribution in [-0.4, -0.2) is 18.4 Å². The fraction of sp³-hybridized carbons (Fsp3) is 0.929. The number of hydrogen-bond donors (Lipinski definition) is 0. The van der Waals surface area contributed by atoms with Crippen LogP contribution in [0.1, 0.15) is 48.0 Å². The first-order valence-corrected chi connectivity index (χ1v) is 6.48. The largest absolute Gasteiger partial charge is 0.509 e. The van der Waals surface area contributed by atoms with Gasteiger partial charge in [0.25, 0.3) is 0 Å². The summed E-state index contributed by atoms with van der Waals surface area (Å²) in [5.74, 6) is 0.907. The number of ether oxygens (including phenoxy) is 2. The molecule has 0 amide bonds. The molecule has 0 bridgehead atoms. The molecule has 1 aliphatic heterocycles. The molecule has 1 aliphatic carbocycles. The molecule has 98 valence electrons. The summed E-state index contributed by atoms with van der Waals surface area (Å²) in [5.41, 5.74) is 0.351. The first kappa shape index (κ1) is 12.7. The Morgan fingerprint density at radius 1 is 1.00 bits per heavy atom. The van der Waals surface area contributed by atoms with Crippen LogP contribution in [0.3, 0.4) is 0 Å². The molecule has 3 nitrogen and oxygen atoms in total. The van der Waals surface area contributed by atoms with Crippen molar-refractivity contribution >= 4 is 6.16 Å². The molecule has 4 unspecified atom stereocenters. The van der Waals surface area contributed by atoms with Gasteiger partial charge in [-0.05, 0) is 23.2 Å². The van der Waals surface area contributed by atoms with Gasteiger partial charge in [0.1, 0.15) is 12.2 Å². The summed E-state index contributed by atoms with van der Waals surface area (Å²) in [7, 11) is 0. The molecule has 4 atom stereocenters. The normalized spacial score (nSPS) is 37.6. The molecule has 2 aliphatic rings. The molecule has 1 saturated heterocycles. The molecule has 1 heterocycles. The lowest BCUT2D eigenvalue weighted by Crippen LogP contribution is -2.38. The van der Waals surface area contributed by atoms with E-state index in [4.69, 9.17) is 9.47 Å². The van der Waals surface area contributed by atoms with Crippen LogP contribution in [0.5, 0.6) is 0 Å². The smallest absolute Gasteiger partial charge is 0.427 e. The Kier molecular flexibility index (Phi) is 2.72. The Morgan fingerprint density at radius 3 is 2.06 bits per heavy atom. The Labute approximate surface area is 104 Å². The molecular formula is C14H24O3. The summed E-state index contributed by atoms with van der Waals surface area (Å²) < 4.78 is 10.7. The van der Waals surface area contributed by atoms with Gasteiger partial charge in [-0.3, -0.25) is 0 Å². The van der Waals surface area contributed by atoms with Gasteiger partial charge in [0.05, 0.1) is 0 Å². The summed E-state index contributed by atoms with van der Waals surface area (Å²) >= 11 is 0. The molecular weight excluding hydrogens is 216 g/mol. The van der Waals surface area contributed by atoms with E-state index in [9.17, 15) is 4.79 Å². The molecule has 0 N–H and O–H groups in total. The lowest BCUT2D eigenvalue weighted by atomic mass is 9.65. The quantitative estimate of drug-likeness (QED) is 0.607. The van der Waals surface area contributed by atoms with Crippen molar-refractivity contribution in [3.8, 4) is 0 Å². The van der Waals surface area contributed by atoms with Gasteiger partial charge in [0.2, 0.25) is 0 Å². The monoisotopic (exact) mass is 240 g/mol. The third-order valence-electron chi connectivity index (χ3n) is 4.23. The first-order chi connectivity index (χ1) is 7.60. The van der Waals surface area contributed by atoms with E-state index in [0.717, 1.165) is 6.42 Å². The van der Waals surface area contributed by atoms with Crippen LogP contribution in [0.15, 0.2) is 0 Å². The van der Waals surface area contributed by atoms with E-state index < -0.39 is 6.16 Å². The van der Waals surface area contributed by atoms with Crippen molar-refractivity contribution in [2.75, 3.05) is 0 Å². The van der Waals surface area contributed by atoms with Crippen molar-refractivity contribution in [2.45, 2.75) is 60.2 Å². The topological polar surface area (TPSA) is 35.5 Å². The predicted molar refractivity (Wildman–Crippen MR) is 65.6 cm³/mol. The summed E-state index contributed by atoms with van der Waals surface area (Å²) in [6, 6.07) is 0. The van der Waals surface area contributed by atoms with Crippen LogP contribution in [0.4, 0.5) is 4.79 Å². The van der Waals surface area contributed by atoms with E-state index in [2.05, 4.69) is 41.5 Å². The highest BCUT2D eigenvalue weighted by Gasteiger charge is 2.58. The van der Waals surface area contributed by atoms with Crippen LogP contribution in [0.2, 0.25) is 0 Å². The molecule has 17 heavy (non-hydrogen) atoms. The zero-order valence-corrected chi connectivity index (χ0v) is 11.7. The summed E-state index contributed by atoms with van der Waals surface area (Å²) in [6.07, 6.45) is 0.367. The van der Waals surface area contributed by atoms with E-state index in [1.165, 1.54) is 0 Å². The van der Waals surface area contributed by atoms with E-state index in [1.807, 2.05) is 0 Å². The number of fused-ring (bicyclic) bond motifs is 1. The van der Waals surface area contributed by atoms with Gasteiger partial charge < -0.3 is 9.47 Å². The van der Waals surface area contributed by atoms with Gasteiger partial charge in [-0.1, -0.05) is 41.5 Å². The standard InChI is InChI=1S/C14H24O3/c1-13(2,3)8-7-9-11(17-12(15)16-9)10(8)14(4,5)6/h8-11H,7H2,1-6H3. The highest BCUT2D eigenvalue weighted by Crippen LogP contribution is 2.54. The van der Waals surface area contributed by atoms with Gasteiger partial charge in [-0.15, -0.1) is 0 Å². The minimum atomic E-state index is -0.485. The first-order valence-electron chi connectivity index (χ1n) is 6.48. The zero-order valence-electron chi connectivity index (χ0n) is 11.7. The zero-order chi connectivity index (χ0) is 13.0. The van der Waals surface area contributed by atoms with Crippen LogP contribution in [-0.2, 0) is 9.47 Å². The second-order valence-corrected chi connectivity index (χ2v) is 7.59. The lowest BCUT2D eigenvalue weighted by molar-refractivity contribution is 0.0120. The average Bonchev–Trinajstić information content (AvgIpc) is 2.54. The van der Waals surface area contributed by atoms with Crippen molar-refractivity contribution in [1.82, 2.24) is 0 Å². The fourth-order valence-electron chi connectivity index (χ4n) is 3.51. The summed E-state index contributed by atoms with van der Waals surface area (Å²) in [4.78, 5) is 11.2. The minimum Gasteiger partial charge on any atom is -0.427 e. The number of hydrogen-bond acceptors (Lipinski definition) is 3. The second-order valence-electron chi connectivity index (χ2n) is 7.59. The van der Waals surface area contributed by atoms with Gasteiger partial charge in [-0.25, -0.2) is 4.79 Å². The van der Waals surface area contributed by atoms with Gasteiger partial charge in [0.15, 0.2) is 0 Å². The minimum absolute atomic E-state index is 0.0315. The molecule has 0 aromatic rings. The Hall–Kier alpha value is -0.730. The van der Waals surface area contributed by atoms with Crippen molar-refractivity contribution in [3.63, 3.8) is 0 Å². The van der Waals surface area contributed by atoms with Gasteiger partial charge >= 0.3 is 6.16 Å². The number of carbonyl (C=O) groups excluding carboxylic acids is 1. The van der Waals surface area contributed by atoms with E-state index in [-0.39, 0.29) is 23.0 Å². The molecule has 0 spiro atoms. The predicted octanol–water partition coefficient (Wildman–Crippen LogP) is 3.62. The molecule has 0 aromatic carbocycles. The molecule has 0 aromatic heterocycles. The van der Waals surface area contributed by atoms with Crippen LogP contribution in [0.25, 0.3) is 0 Å². The van der Waals surface area contributed by atoms with Crippen molar-refractivity contribution in [1.29, 1.82) is 0 Å². The van der Waals surface area contributed by atoms with E-state index >= 15 is 0 Å². The maximum Gasteiger partial charge on any atom is 0.509 e. The van der Waals surface area contributed by atoms with Crippen LogP contribution >= 0.6 is 0 Å². The maximum atomic E-state index is 11.2. The average molecular weight is 240 g/mol. The Morgan fingerprint density at radius 2 is 1.59 bits per heavy atom. The summed E-state index contributed by atoms with van der Waals surface area (Å²) in [5, 5.41) is 0. The number of carbonyl (C=O) groups is 1. The second kappa shape index (κ2) is 3.63. The molecule has 3 heteroatoms. The van der Waals surface area contributed by atoms with Crippen molar-refractivity contribution in [2.24, 2.45) is 22.7 Å². The molecule has 2 fully saturated rings. The summed E-state index contributed by atoms with van der Waals surface area (Å²) in [6.45, 7) is 13.5. The Bertz CT molecular complexity index is 321. The van der Waals surface area contributed by atoms with Crippen molar-refractivity contribution in [3.05, 3.63) is 0 Å². The van der Waals surface area contributed by atoms with Gasteiger partial charge in [0, 0.05) is 5.92 Å². The molecule has 2 rings (SSSR count). The lowest BCUT2D eigenvalue weighted by Gasteiger charge is -2.40. The molecule has 1 saturated carbocycles. The van der Waals surface area contributed by atoms with Crippen molar-refractivity contribution < 1.29 is 14.3 Å². The van der Waals surface area contributed by atoms with Crippen LogP contribution in [0, 0.1) is 22.7 Å². The van der Waals surface area contributed by atoms with Crippen LogP contribution < -0.4 is 0 Å². The highest BCUT2D eigenvalue weighted by atomic mass is 16.8. The van der Waals surface area contributed by atoms with E-state index in [0.29, 0.717) is 11.8 Å². The third kappa shape index (κ3) is 2.16. The van der Waals surface area contributed by atoms with Gasteiger partial charge in [-0.2, -0.15) is 0 Å². The third-order valence-corrected chi connectivity index (χ3v) is 4.23. The highest BCUT2D eigenvalue weighted by molar-refractivity contribution is 5.63. The Balaban J connectivity index is 2.30. The maximum absolute atomic E-state index is 11.2. The molecule has 0 radical (unpaired) electrons.